The van der Waals surface area contributed by atoms with Gasteiger partial charge in [0.1, 0.15) is 11.5 Å². The maximum atomic E-state index is 10.4. The van der Waals surface area contributed by atoms with Crippen LogP contribution in [0, 0.1) is 0 Å². The van der Waals surface area contributed by atoms with Crippen LogP contribution in [0.25, 0.3) is 11.4 Å². The van der Waals surface area contributed by atoms with E-state index in [9.17, 15) is 15.3 Å². The minimum absolute atomic E-state index is 0.00330. The van der Waals surface area contributed by atoms with E-state index in [1.807, 2.05) is 43.0 Å². The van der Waals surface area contributed by atoms with Crippen molar-refractivity contribution in [1.29, 1.82) is 0 Å². The zero-order chi connectivity index (χ0) is 23.3. The monoisotopic (exact) mass is 442 g/mol. The van der Waals surface area contributed by atoms with E-state index in [4.69, 9.17) is 10.2 Å². The molecular formula is C23H30N4O5. The van der Waals surface area contributed by atoms with Crippen molar-refractivity contribution in [2.24, 2.45) is 0 Å². The maximum Gasteiger partial charge on any atom is 0.315 e. The van der Waals surface area contributed by atoms with E-state index in [2.05, 4.69) is 10.2 Å². The van der Waals surface area contributed by atoms with Crippen molar-refractivity contribution in [3.63, 3.8) is 0 Å². The summed E-state index contributed by atoms with van der Waals surface area (Å²) in [6, 6.07) is 10.4. The van der Waals surface area contributed by atoms with E-state index in [0.29, 0.717) is 36.6 Å². The normalized spacial score (nSPS) is 11.6. The highest BCUT2D eigenvalue weighted by atomic mass is 16.3. The van der Waals surface area contributed by atoms with Gasteiger partial charge in [0.2, 0.25) is 0 Å². The quantitative estimate of drug-likeness (QED) is 0.322. The third-order valence-corrected chi connectivity index (χ3v) is 5.34. The third-order valence-electron chi connectivity index (χ3n) is 5.34. The Morgan fingerprint density at radius 3 is 2.09 bits per heavy atom. The van der Waals surface area contributed by atoms with Crippen LogP contribution in [-0.4, -0.2) is 71.5 Å². The van der Waals surface area contributed by atoms with Gasteiger partial charge in [-0.3, -0.25) is 9.47 Å². The predicted octanol–water partition coefficient (Wildman–Crippen LogP) is 2.02. The molecule has 2 aromatic carbocycles. The van der Waals surface area contributed by atoms with Gasteiger partial charge in [-0.25, -0.2) is 0 Å². The van der Waals surface area contributed by atoms with Gasteiger partial charge >= 0.3 is 6.01 Å². The Morgan fingerprint density at radius 2 is 1.50 bits per heavy atom. The van der Waals surface area contributed by atoms with Crippen LogP contribution in [0.4, 0.5) is 0 Å². The molecule has 0 aliphatic heterocycles. The van der Waals surface area contributed by atoms with Gasteiger partial charge in [0, 0.05) is 25.7 Å². The summed E-state index contributed by atoms with van der Waals surface area (Å²) in [5, 5.41) is 56.9. The van der Waals surface area contributed by atoms with Crippen molar-refractivity contribution in [2.75, 3.05) is 26.3 Å². The van der Waals surface area contributed by atoms with Crippen LogP contribution in [0.15, 0.2) is 36.4 Å². The standard InChI is InChI=1S/C23H30N4O5/c1-15(2)18-11-19(21(31)12-20(18)30)22-24-25-23(32)27(22)14-17-5-3-16(4-6-17)13-26(7-9-28)8-10-29/h3-6,11-12,15,28-31H,7-10,13-14H2,1-2H3,(H,25,32). The number of aromatic hydroxyl groups is 3. The average molecular weight is 443 g/mol. The fraction of sp³-hybridized carbons (Fsp3) is 0.391. The van der Waals surface area contributed by atoms with E-state index in [0.717, 1.165) is 11.1 Å². The molecule has 172 valence electrons. The molecule has 3 aromatic rings. The van der Waals surface area contributed by atoms with Crippen molar-refractivity contribution < 1.29 is 25.5 Å². The predicted molar refractivity (Wildman–Crippen MR) is 120 cm³/mol. The van der Waals surface area contributed by atoms with Gasteiger partial charge in [-0.05, 0) is 28.7 Å². The summed E-state index contributed by atoms with van der Waals surface area (Å²) in [5.74, 6) is 0.179. The molecule has 0 bridgehead atoms. The fourth-order valence-electron chi connectivity index (χ4n) is 3.62. The number of hydrogen-bond acceptors (Lipinski definition) is 8. The lowest BCUT2D eigenvalue weighted by Gasteiger charge is -2.20. The van der Waals surface area contributed by atoms with Crippen LogP contribution >= 0.6 is 0 Å². The minimum atomic E-state index is -0.278. The Morgan fingerprint density at radius 1 is 0.875 bits per heavy atom. The Hall–Kier alpha value is -3.14. The van der Waals surface area contributed by atoms with Crippen LogP contribution in [0.3, 0.4) is 0 Å². The molecular weight excluding hydrogens is 412 g/mol. The van der Waals surface area contributed by atoms with Gasteiger partial charge in [-0.15, -0.1) is 5.10 Å². The van der Waals surface area contributed by atoms with Crippen molar-refractivity contribution in [3.05, 3.63) is 53.1 Å². The summed E-state index contributed by atoms with van der Waals surface area (Å²) >= 11 is 0. The lowest BCUT2D eigenvalue weighted by atomic mass is 9.98. The molecule has 5 N–H and O–H groups in total. The number of phenols is 2. The molecule has 0 amide bonds. The summed E-state index contributed by atoms with van der Waals surface area (Å²) < 4.78 is 1.50. The highest BCUT2D eigenvalue weighted by Gasteiger charge is 2.20. The number of hydrogen-bond donors (Lipinski definition) is 5. The van der Waals surface area contributed by atoms with E-state index < -0.39 is 0 Å². The lowest BCUT2D eigenvalue weighted by molar-refractivity contribution is 0.156. The summed E-state index contributed by atoms with van der Waals surface area (Å²) in [6.45, 7) is 5.76. The molecule has 0 aliphatic rings. The molecule has 9 heteroatoms. The van der Waals surface area contributed by atoms with Gasteiger partial charge in [0.05, 0.1) is 25.3 Å². The summed E-state index contributed by atoms with van der Waals surface area (Å²) in [4.78, 5) is 1.96. The van der Waals surface area contributed by atoms with Crippen molar-refractivity contribution in [1.82, 2.24) is 19.7 Å². The molecule has 0 spiro atoms. The van der Waals surface area contributed by atoms with Crippen molar-refractivity contribution >= 4 is 0 Å². The van der Waals surface area contributed by atoms with E-state index in [-0.39, 0.29) is 43.2 Å². The van der Waals surface area contributed by atoms with E-state index in [1.54, 1.807) is 6.07 Å². The largest absolute Gasteiger partial charge is 0.508 e. The number of rotatable bonds is 10. The minimum Gasteiger partial charge on any atom is -0.508 e. The van der Waals surface area contributed by atoms with Gasteiger partial charge in [-0.2, -0.15) is 0 Å². The molecule has 0 unspecified atom stereocenters. The zero-order valence-electron chi connectivity index (χ0n) is 18.3. The van der Waals surface area contributed by atoms with Gasteiger partial charge in [-0.1, -0.05) is 43.2 Å². The van der Waals surface area contributed by atoms with Gasteiger partial charge in [0.25, 0.3) is 0 Å². The summed E-state index contributed by atoms with van der Waals surface area (Å²) in [6.07, 6.45) is 0. The molecule has 3 rings (SSSR count). The second-order valence-corrected chi connectivity index (χ2v) is 8.03. The Kier molecular flexibility index (Phi) is 7.68. The molecule has 0 aliphatic carbocycles. The summed E-state index contributed by atoms with van der Waals surface area (Å²) in [7, 11) is 0. The molecule has 1 heterocycles. The van der Waals surface area contributed by atoms with Crippen LogP contribution in [-0.2, 0) is 13.1 Å². The van der Waals surface area contributed by atoms with Crippen LogP contribution in [0.5, 0.6) is 17.5 Å². The molecule has 32 heavy (non-hydrogen) atoms. The van der Waals surface area contributed by atoms with Gasteiger partial charge < -0.3 is 25.5 Å². The van der Waals surface area contributed by atoms with E-state index >= 15 is 0 Å². The molecule has 9 nitrogen and oxygen atoms in total. The first kappa shape index (κ1) is 23.5. The average Bonchev–Trinajstić information content (AvgIpc) is 3.09. The SMILES string of the molecule is CC(C)c1cc(-c2nnc(O)n2Cc2ccc(CN(CCO)CCO)cc2)c(O)cc1O. The maximum absolute atomic E-state index is 10.4. The smallest absolute Gasteiger partial charge is 0.315 e. The lowest BCUT2D eigenvalue weighted by Crippen LogP contribution is -2.29. The Balaban J connectivity index is 1.85. The molecule has 0 atom stereocenters. The molecule has 0 saturated carbocycles. The number of aliphatic hydroxyl groups is 2. The first-order valence-electron chi connectivity index (χ1n) is 10.5. The number of benzene rings is 2. The number of nitrogens with zero attached hydrogens (tertiary/aromatic N) is 4. The third kappa shape index (κ3) is 5.37. The second-order valence-electron chi connectivity index (χ2n) is 8.03. The van der Waals surface area contributed by atoms with Crippen LogP contribution < -0.4 is 0 Å². The topological polar surface area (TPSA) is 135 Å². The van der Waals surface area contributed by atoms with Crippen molar-refractivity contribution in [2.45, 2.75) is 32.9 Å². The van der Waals surface area contributed by atoms with Crippen molar-refractivity contribution in [3.8, 4) is 28.9 Å². The van der Waals surface area contributed by atoms with Crippen LogP contribution in [0.2, 0.25) is 0 Å². The molecule has 0 fully saturated rings. The number of aliphatic hydroxyl groups excluding tert-OH is 2. The van der Waals surface area contributed by atoms with Crippen LogP contribution in [0.1, 0.15) is 36.5 Å². The number of phenolic OH excluding ortho intramolecular Hbond substituents is 2. The molecule has 0 saturated heterocycles. The second kappa shape index (κ2) is 10.4. The molecule has 0 radical (unpaired) electrons. The highest BCUT2D eigenvalue weighted by molar-refractivity contribution is 5.68. The first-order valence-corrected chi connectivity index (χ1v) is 10.5. The summed E-state index contributed by atoms with van der Waals surface area (Å²) in [5.41, 5.74) is 2.95. The fourth-order valence-corrected chi connectivity index (χ4v) is 3.62. The zero-order valence-corrected chi connectivity index (χ0v) is 18.3. The first-order chi connectivity index (χ1) is 15.3. The molecule has 1 aromatic heterocycles. The highest BCUT2D eigenvalue weighted by Crippen LogP contribution is 2.38. The Labute approximate surface area is 186 Å². The van der Waals surface area contributed by atoms with E-state index in [1.165, 1.54) is 10.6 Å². The Bertz CT molecular complexity index is 1030. The number of aromatic nitrogens is 3. The van der Waals surface area contributed by atoms with Gasteiger partial charge in [0.15, 0.2) is 5.82 Å².